The van der Waals surface area contributed by atoms with Crippen LogP contribution in [0.15, 0.2) is 24.8 Å². The lowest BCUT2D eigenvalue weighted by Crippen LogP contribution is -2.17. The van der Waals surface area contributed by atoms with Crippen molar-refractivity contribution < 1.29 is 19.4 Å². The van der Waals surface area contributed by atoms with Gasteiger partial charge in [-0.25, -0.2) is 4.79 Å². The van der Waals surface area contributed by atoms with Gasteiger partial charge in [0.1, 0.15) is 0 Å². The Morgan fingerprint density at radius 2 is 1.07 bits per heavy atom. The van der Waals surface area contributed by atoms with E-state index in [1.807, 2.05) is 0 Å². The summed E-state index contributed by atoms with van der Waals surface area (Å²) in [6.07, 6.45) is 22.5. The number of ether oxygens (including phenoxy) is 1. The highest BCUT2D eigenvalue weighted by molar-refractivity contribution is 5.86. The molecular weight excluding hydrogens is 378 g/mol. The number of hydrogen-bond acceptors (Lipinski definition) is 4. The molecule has 0 aliphatic rings. The Labute approximate surface area is 185 Å². The van der Waals surface area contributed by atoms with Crippen LogP contribution < -0.4 is 11.3 Å². The van der Waals surface area contributed by atoms with Gasteiger partial charge >= 0.3 is 5.97 Å². The summed E-state index contributed by atoms with van der Waals surface area (Å²) >= 11 is 0. The molecule has 178 valence electrons. The SMILES string of the molecule is C=C(C)C(=O)OCCCCCCCCCCCCCCCCCC.C=CC(=O)[O-].[NH4+]. The zero-order valence-corrected chi connectivity index (χ0v) is 20.1. The minimum absolute atomic E-state index is 0. The zero-order chi connectivity index (χ0) is 22.2. The highest BCUT2D eigenvalue weighted by Gasteiger charge is 2.01. The highest BCUT2D eigenvalue weighted by atomic mass is 16.5. The average molecular weight is 428 g/mol. The molecule has 0 saturated carbocycles. The van der Waals surface area contributed by atoms with Crippen LogP contribution in [-0.2, 0) is 14.3 Å². The monoisotopic (exact) mass is 427 g/mol. The molecule has 5 nitrogen and oxygen atoms in total. The summed E-state index contributed by atoms with van der Waals surface area (Å²) < 4.78 is 5.08. The molecule has 0 aromatic heterocycles. The minimum Gasteiger partial charge on any atom is -0.545 e. The highest BCUT2D eigenvalue weighted by Crippen LogP contribution is 2.13. The van der Waals surface area contributed by atoms with Crippen molar-refractivity contribution in [2.45, 2.75) is 117 Å². The molecule has 5 heteroatoms. The number of carbonyl (C=O) groups is 2. The van der Waals surface area contributed by atoms with Crippen LogP contribution in [-0.4, -0.2) is 18.5 Å². The van der Waals surface area contributed by atoms with Crippen molar-refractivity contribution in [3.8, 4) is 0 Å². The molecule has 0 atom stereocenters. The van der Waals surface area contributed by atoms with Gasteiger partial charge in [0, 0.05) is 5.57 Å². The molecular formula is C25H49NO4. The van der Waals surface area contributed by atoms with Gasteiger partial charge in [0.2, 0.25) is 0 Å². The van der Waals surface area contributed by atoms with E-state index in [9.17, 15) is 4.79 Å². The Balaban J connectivity index is -0.00000108. The van der Waals surface area contributed by atoms with Crippen LogP contribution in [0.4, 0.5) is 0 Å². The molecule has 0 aliphatic heterocycles. The van der Waals surface area contributed by atoms with Crippen LogP contribution in [0.2, 0.25) is 0 Å². The number of rotatable bonds is 19. The lowest BCUT2D eigenvalue weighted by atomic mass is 10.0. The van der Waals surface area contributed by atoms with Gasteiger partial charge in [0.25, 0.3) is 0 Å². The minimum atomic E-state index is -1.23. The third kappa shape index (κ3) is 31.1. The Kier molecular flexibility index (Phi) is 30.1. The summed E-state index contributed by atoms with van der Waals surface area (Å²) in [5, 5.41) is 9.14. The van der Waals surface area contributed by atoms with E-state index in [2.05, 4.69) is 20.1 Å². The summed E-state index contributed by atoms with van der Waals surface area (Å²) in [6, 6.07) is 0. The topological polar surface area (TPSA) is 103 Å². The molecule has 0 heterocycles. The standard InChI is InChI=1S/C22H42O2.C3H4O2.H3N/c1-4-5-6-7-8-9-10-11-12-13-14-15-16-17-18-19-20-24-22(23)21(2)3;1-2-3(4)5;/h2,4-20H2,1,3H3;2H,1H2,(H,4,5);1H3. The molecule has 0 spiro atoms. The van der Waals surface area contributed by atoms with E-state index in [1.165, 1.54) is 96.3 Å². The second-order valence-corrected chi connectivity index (χ2v) is 7.74. The van der Waals surface area contributed by atoms with Crippen molar-refractivity contribution in [1.82, 2.24) is 6.15 Å². The van der Waals surface area contributed by atoms with Crippen molar-refractivity contribution in [2.75, 3.05) is 6.61 Å². The quantitative estimate of drug-likeness (QED) is 0.141. The van der Waals surface area contributed by atoms with Crippen molar-refractivity contribution in [3.63, 3.8) is 0 Å². The molecule has 0 fully saturated rings. The normalized spacial score (nSPS) is 9.67. The lowest BCUT2D eigenvalue weighted by Gasteiger charge is -2.05. The number of hydrogen-bond donors (Lipinski definition) is 1. The molecule has 0 saturated heterocycles. The summed E-state index contributed by atoms with van der Waals surface area (Å²) in [6.45, 7) is 11.0. The first-order chi connectivity index (χ1) is 14.0. The fourth-order valence-electron chi connectivity index (χ4n) is 2.94. The zero-order valence-electron chi connectivity index (χ0n) is 20.1. The van der Waals surface area contributed by atoms with Crippen LogP contribution in [0, 0.1) is 0 Å². The van der Waals surface area contributed by atoms with E-state index < -0.39 is 5.97 Å². The van der Waals surface area contributed by atoms with E-state index in [-0.39, 0.29) is 12.1 Å². The summed E-state index contributed by atoms with van der Waals surface area (Å²) in [5.41, 5.74) is 0.492. The van der Waals surface area contributed by atoms with Crippen molar-refractivity contribution in [2.24, 2.45) is 0 Å². The number of carbonyl (C=O) groups excluding carboxylic acids is 2. The summed E-state index contributed by atoms with van der Waals surface area (Å²) in [4.78, 5) is 20.3. The van der Waals surface area contributed by atoms with Gasteiger partial charge in [-0.05, 0) is 19.4 Å². The molecule has 0 aromatic carbocycles. The van der Waals surface area contributed by atoms with Crippen LogP contribution in [0.1, 0.15) is 117 Å². The van der Waals surface area contributed by atoms with Crippen LogP contribution in [0.5, 0.6) is 0 Å². The van der Waals surface area contributed by atoms with Gasteiger partial charge in [0.15, 0.2) is 0 Å². The summed E-state index contributed by atoms with van der Waals surface area (Å²) in [5.74, 6) is -1.49. The molecule has 0 aromatic rings. The first-order valence-electron chi connectivity index (χ1n) is 11.6. The van der Waals surface area contributed by atoms with E-state index in [1.54, 1.807) is 6.92 Å². The van der Waals surface area contributed by atoms with Crippen LogP contribution >= 0.6 is 0 Å². The van der Waals surface area contributed by atoms with Gasteiger partial charge in [-0.3, -0.25) is 0 Å². The van der Waals surface area contributed by atoms with Crippen molar-refractivity contribution in [3.05, 3.63) is 24.8 Å². The molecule has 0 aliphatic carbocycles. The van der Waals surface area contributed by atoms with E-state index in [4.69, 9.17) is 14.6 Å². The first kappa shape index (κ1) is 33.0. The molecule has 30 heavy (non-hydrogen) atoms. The van der Waals surface area contributed by atoms with E-state index in [0.29, 0.717) is 12.2 Å². The van der Waals surface area contributed by atoms with E-state index in [0.717, 1.165) is 12.5 Å². The Hall–Kier alpha value is -1.62. The van der Waals surface area contributed by atoms with Crippen molar-refractivity contribution >= 4 is 11.9 Å². The maximum absolute atomic E-state index is 11.2. The number of aliphatic carboxylic acids is 1. The third-order valence-electron chi connectivity index (χ3n) is 4.75. The number of esters is 1. The van der Waals surface area contributed by atoms with Gasteiger partial charge in [-0.1, -0.05) is 116 Å². The first-order valence-corrected chi connectivity index (χ1v) is 11.6. The predicted octanol–water partition coefficient (Wildman–Crippen LogP) is 6.67. The van der Waals surface area contributed by atoms with Crippen LogP contribution in [0.3, 0.4) is 0 Å². The van der Waals surface area contributed by atoms with Gasteiger partial charge in [-0.2, -0.15) is 0 Å². The molecule has 0 bridgehead atoms. The summed E-state index contributed by atoms with van der Waals surface area (Å²) in [7, 11) is 0. The molecule has 0 rings (SSSR count). The maximum atomic E-state index is 11.2. The smallest absolute Gasteiger partial charge is 0.333 e. The maximum Gasteiger partial charge on any atom is 0.333 e. The van der Waals surface area contributed by atoms with Crippen LogP contribution in [0.25, 0.3) is 0 Å². The lowest BCUT2D eigenvalue weighted by molar-refractivity contribution is -0.297. The number of quaternary nitrogens is 1. The Bertz CT molecular complexity index is 421. The third-order valence-corrected chi connectivity index (χ3v) is 4.75. The second kappa shape index (κ2) is 27.4. The van der Waals surface area contributed by atoms with Gasteiger partial charge < -0.3 is 20.8 Å². The molecule has 0 radical (unpaired) electrons. The Morgan fingerprint density at radius 1 is 0.767 bits per heavy atom. The average Bonchev–Trinajstić information content (AvgIpc) is 2.70. The molecule has 0 amide bonds. The molecule has 4 N–H and O–H groups in total. The fourth-order valence-corrected chi connectivity index (χ4v) is 2.94. The second-order valence-electron chi connectivity index (χ2n) is 7.74. The predicted molar refractivity (Wildman–Crippen MR) is 127 cm³/mol. The number of unbranched alkanes of at least 4 members (excludes halogenated alkanes) is 15. The largest absolute Gasteiger partial charge is 0.545 e. The fraction of sp³-hybridized carbons (Fsp3) is 0.760. The van der Waals surface area contributed by atoms with Crippen molar-refractivity contribution in [1.29, 1.82) is 0 Å². The number of carboxylic acids is 1. The van der Waals surface area contributed by atoms with Gasteiger partial charge in [0.05, 0.1) is 12.6 Å². The van der Waals surface area contributed by atoms with Gasteiger partial charge in [-0.15, -0.1) is 0 Å². The van der Waals surface area contributed by atoms with E-state index >= 15 is 0 Å². The Morgan fingerprint density at radius 3 is 1.33 bits per heavy atom. The number of carboxylic acid groups (broad SMARTS) is 1. The molecule has 0 unspecified atom stereocenters.